The third kappa shape index (κ3) is 4.99. The maximum absolute atomic E-state index is 13.2. The molecule has 164 valence electrons. The first-order valence-corrected chi connectivity index (χ1v) is 11.0. The molecule has 2 aliphatic rings. The SMILES string of the molecule is CCOC(=O)C1CCN(CC(=O)N2N=C(c3ccc(Cl)cc3)C[C@H]2c2ccco2)CC1. The number of carbonyl (C=O) groups is 2. The van der Waals surface area contributed by atoms with Crippen molar-refractivity contribution in [3.8, 4) is 0 Å². The summed E-state index contributed by atoms with van der Waals surface area (Å²) in [5.41, 5.74) is 1.76. The van der Waals surface area contributed by atoms with Gasteiger partial charge in [-0.2, -0.15) is 5.10 Å². The summed E-state index contributed by atoms with van der Waals surface area (Å²) in [6.45, 7) is 3.83. The molecule has 1 amide bonds. The summed E-state index contributed by atoms with van der Waals surface area (Å²) in [6, 6.07) is 10.9. The molecule has 0 aliphatic carbocycles. The Bertz CT molecular complexity index is 934. The third-order valence-electron chi connectivity index (χ3n) is 5.78. The zero-order chi connectivity index (χ0) is 21.8. The average molecular weight is 444 g/mol. The van der Waals surface area contributed by atoms with Crippen LogP contribution >= 0.6 is 11.6 Å². The number of esters is 1. The number of hydrogen-bond donors (Lipinski definition) is 0. The number of benzene rings is 1. The molecule has 1 saturated heterocycles. The normalized spacial score (nSPS) is 20.0. The Labute approximate surface area is 186 Å². The van der Waals surface area contributed by atoms with Crippen LogP contribution in [0.3, 0.4) is 0 Å². The number of piperidine rings is 1. The fourth-order valence-electron chi connectivity index (χ4n) is 4.11. The number of amides is 1. The molecule has 0 spiro atoms. The Balaban J connectivity index is 1.44. The molecule has 0 unspecified atom stereocenters. The first-order valence-electron chi connectivity index (χ1n) is 10.6. The average Bonchev–Trinajstić information content (AvgIpc) is 3.45. The summed E-state index contributed by atoms with van der Waals surface area (Å²) in [5.74, 6) is 0.411. The molecule has 2 aromatic rings. The Morgan fingerprint density at radius 2 is 1.94 bits per heavy atom. The van der Waals surface area contributed by atoms with Gasteiger partial charge in [0.25, 0.3) is 5.91 Å². The van der Waals surface area contributed by atoms with Gasteiger partial charge < -0.3 is 9.15 Å². The van der Waals surface area contributed by atoms with Gasteiger partial charge in [-0.25, -0.2) is 5.01 Å². The van der Waals surface area contributed by atoms with E-state index in [9.17, 15) is 9.59 Å². The van der Waals surface area contributed by atoms with E-state index in [0.717, 1.165) is 11.3 Å². The van der Waals surface area contributed by atoms with Gasteiger partial charge in [0.2, 0.25) is 0 Å². The van der Waals surface area contributed by atoms with Crippen molar-refractivity contribution >= 4 is 29.2 Å². The Morgan fingerprint density at radius 3 is 2.58 bits per heavy atom. The van der Waals surface area contributed by atoms with E-state index in [0.29, 0.717) is 49.7 Å². The Kier molecular flexibility index (Phi) is 6.73. The van der Waals surface area contributed by atoms with Crippen LogP contribution in [0.5, 0.6) is 0 Å². The molecule has 0 saturated carbocycles. The predicted molar refractivity (Wildman–Crippen MR) is 117 cm³/mol. The highest BCUT2D eigenvalue weighted by atomic mass is 35.5. The van der Waals surface area contributed by atoms with E-state index in [-0.39, 0.29) is 30.4 Å². The van der Waals surface area contributed by atoms with Crippen LogP contribution in [0.2, 0.25) is 5.02 Å². The van der Waals surface area contributed by atoms with Crippen molar-refractivity contribution in [1.29, 1.82) is 0 Å². The van der Waals surface area contributed by atoms with Crippen molar-refractivity contribution < 1.29 is 18.7 Å². The van der Waals surface area contributed by atoms with Gasteiger partial charge in [-0.05, 0) is 62.7 Å². The number of halogens is 1. The van der Waals surface area contributed by atoms with Crippen molar-refractivity contribution in [3.63, 3.8) is 0 Å². The standard InChI is InChI=1S/C23H26ClN3O4/c1-2-30-23(29)17-9-11-26(12-10-17)15-22(28)27-20(21-4-3-13-31-21)14-19(25-27)16-5-7-18(24)8-6-16/h3-8,13,17,20H,2,9-12,14-15H2,1H3/t20-/m0/s1. The summed E-state index contributed by atoms with van der Waals surface area (Å²) in [6.07, 6.45) is 3.59. The second-order valence-electron chi connectivity index (χ2n) is 7.83. The lowest BCUT2D eigenvalue weighted by atomic mass is 9.97. The lowest BCUT2D eigenvalue weighted by Crippen LogP contribution is -2.43. The van der Waals surface area contributed by atoms with Crippen LogP contribution in [0.15, 0.2) is 52.2 Å². The fraction of sp³-hybridized carbons (Fsp3) is 0.435. The van der Waals surface area contributed by atoms with Gasteiger partial charge in [-0.3, -0.25) is 14.5 Å². The smallest absolute Gasteiger partial charge is 0.309 e. The van der Waals surface area contributed by atoms with E-state index in [2.05, 4.69) is 10.0 Å². The number of hydrazone groups is 1. The molecular weight excluding hydrogens is 418 g/mol. The number of nitrogens with zero attached hydrogens (tertiary/aromatic N) is 3. The van der Waals surface area contributed by atoms with Gasteiger partial charge >= 0.3 is 5.97 Å². The molecule has 1 aromatic heterocycles. The van der Waals surface area contributed by atoms with E-state index in [1.165, 1.54) is 0 Å². The minimum absolute atomic E-state index is 0.0801. The van der Waals surface area contributed by atoms with Crippen LogP contribution < -0.4 is 0 Å². The molecule has 0 radical (unpaired) electrons. The topological polar surface area (TPSA) is 75.3 Å². The highest BCUT2D eigenvalue weighted by Crippen LogP contribution is 2.33. The van der Waals surface area contributed by atoms with Crippen LogP contribution in [0, 0.1) is 5.92 Å². The summed E-state index contributed by atoms with van der Waals surface area (Å²) in [4.78, 5) is 27.2. The molecular formula is C23H26ClN3O4. The number of hydrogen-bond acceptors (Lipinski definition) is 6. The second kappa shape index (κ2) is 9.66. The van der Waals surface area contributed by atoms with Crippen LogP contribution in [-0.2, 0) is 14.3 Å². The molecule has 1 atom stereocenters. The molecule has 4 rings (SSSR count). The molecule has 3 heterocycles. The lowest BCUT2D eigenvalue weighted by molar-refractivity contribution is -0.149. The van der Waals surface area contributed by atoms with Crippen molar-refractivity contribution in [1.82, 2.24) is 9.91 Å². The van der Waals surface area contributed by atoms with Crippen LogP contribution in [-0.4, -0.2) is 53.7 Å². The largest absolute Gasteiger partial charge is 0.467 e. The van der Waals surface area contributed by atoms with Gasteiger partial charge in [0.05, 0.1) is 31.0 Å². The minimum atomic E-state index is -0.273. The van der Waals surface area contributed by atoms with Crippen molar-refractivity contribution in [2.75, 3.05) is 26.2 Å². The second-order valence-corrected chi connectivity index (χ2v) is 8.27. The van der Waals surface area contributed by atoms with Gasteiger partial charge in [0, 0.05) is 11.4 Å². The first kappa shape index (κ1) is 21.6. The summed E-state index contributed by atoms with van der Waals surface area (Å²) in [7, 11) is 0. The Hall–Kier alpha value is -2.64. The maximum Gasteiger partial charge on any atom is 0.309 e. The van der Waals surface area contributed by atoms with Crippen molar-refractivity contribution in [2.45, 2.75) is 32.2 Å². The zero-order valence-corrected chi connectivity index (χ0v) is 18.3. The van der Waals surface area contributed by atoms with Gasteiger partial charge in [0.1, 0.15) is 11.8 Å². The number of likely N-dealkylation sites (tertiary alicyclic amines) is 1. The van der Waals surface area contributed by atoms with Crippen LogP contribution in [0.1, 0.15) is 43.6 Å². The summed E-state index contributed by atoms with van der Waals surface area (Å²) < 4.78 is 10.7. The number of carbonyl (C=O) groups excluding carboxylic acids is 2. The molecule has 0 bridgehead atoms. The molecule has 0 N–H and O–H groups in total. The van der Waals surface area contributed by atoms with Gasteiger partial charge in [-0.1, -0.05) is 23.7 Å². The predicted octanol–water partition coefficient (Wildman–Crippen LogP) is 3.89. The van der Waals surface area contributed by atoms with Gasteiger partial charge in [0.15, 0.2) is 0 Å². The number of rotatable bonds is 6. The van der Waals surface area contributed by atoms with E-state index in [1.54, 1.807) is 11.3 Å². The first-order chi connectivity index (χ1) is 15.0. The van der Waals surface area contributed by atoms with Crippen LogP contribution in [0.4, 0.5) is 0 Å². The molecule has 2 aliphatic heterocycles. The van der Waals surface area contributed by atoms with E-state index in [1.807, 2.05) is 43.3 Å². The van der Waals surface area contributed by atoms with Crippen molar-refractivity contribution in [3.05, 3.63) is 59.0 Å². The fourth-order valence-corrected chi connectivity index (χ4v) is 4.24. The Morgan fingerprint density at radius 1 is 1.19 bits per heavy atom. The van der Waals surface area contributed by atoms with Gasteiger partial charge in [-0.15, -0.1) is 0 Å². The highest BCUT2D eigenvalue weighted by Gasteiger charge is 2.36. The van der Waals surface area contributed by atoms with E-state index >= 15 is 0 Å². The number of furan rings is 1. The number of ether oxygens (including phenoxy) is 1. The molecule has 8 heteroatoms. The molecule has 7 nitrogen and oxygen atoms in total. The van der Waals surface area contributed by atoms with Crippen LogP contribution in [0.25, 0.3) is 0 Å². The summed E-state index contributed by atoms with van der Waals surface area (Å²) >= 11 is 6.01. The van der Waals surface area contributed by atoms with Crippen molar-refractivity contribution in [2.24, 2.45) is 11.0 Å². The zero-order valence-electron chi connectivity index (χ0n) is 17.5. The summed E-state index contributed by atoms with van der Waals surface area (Å²) in [5, 5.41) is 6.85. The molecule has 1 fully saturated rings. The van der Waals surface area contributed by atoms with E-state index in [4.69, 9.17) is 20.8 Å². The molecule has 1 aromatic carbocycles. The third-order valence-corrected chi connectivity index (χ3v) is 6.03. The maximum atomic E-state index is 13.2. The highest BCUT2D eigenvalue weighted by molar-refractivity contribution is 6.30. The molecule has 31 heavy (non-hydrogen) atoms. The monoisotopic (exact) mass is 443 g/mol. The quantitative estimate of drug-likeness (QED) is 0.633. The minimum Gasteiger partial charge on any atom is -0.467 e. The van der Waals surface area contributed by atoms with E-state index < -0.39 is 0 Å². The lowest BCUT2D eigenvalue weighted by Gasteiger charge is -2.31.